The second-order valence-electron chi connectivity index (χ2n) is 5.17. The smallest absolute Gasteiger partial charge is 0.00690 e. The Morgan fingerprint density at radius 3 is 2.07 bits per heavy atom. The van der Waals surface area contributed by atoms with Gasteiger partial charge in [-0.3, -0.25) is 0 Å². The van der Waals surface area contributed by atoms with Gasteiger partial charge in [-0.1, -0.05) is 26.0 Å². The first-order chi connectivity index (χ1) is 6.88. The highest BCUT2D eigenvalue weighted by Gasteiger charge is 2.21. The molecular formula is C14H23N. The van der Waals surface area contributed by atoms with Crippen LogP contribution in [0.3, 0.4) is 0 Å². The summed E-state index contributed by atoms with van der Waals surface area (Å²) in [6.45, 7) is 11.8. The molecule has 1 nitrogen and oxygen atoms in total. The second kappa shape index (κ2) is 4.36. The molecule has 1 heteroatoms. The molecule has 0 bridgehead atoms. The molecule has 0 radical (unpaired) electrons. The molecule has 0 aliphatic carbocycles. The zero-order valence-corrected chi connectivity index (χ0v) is 10.6. The maximum Gasteiger partial charge on any atom is -0.00690 e. The SMILES string of the molecule is Cc1cc(C)c(C(C)(C)CCN)cc1C. The molecule has 0 fully saturated rings. The van der Waals surface area contributed by atoms with Gasteiger partial charge in [0.1, 0.15) is 0 Å². The van der Waals surface area contributed by atoms with E-state index in [0.29, 0.717) is 0 Å². The van der Waals surface area contributed by atoms with Crippen molar-refractivity contribution in [2.75, 3.05) is 6.54 Å². The van der Waals surface area contributed by atoms with Crippen LogP contribution in [-0.4, -0.2) is 6.54 Å². The van der Waals surface area contributed by atoms with Crippen LogP contribution >= 0.6 is 0 Å². The minimum Gasteiger partial charge on any atom is -0.330 e. The summed E-state index contributed by atoms with van der Waals surface area (Å²) in [6.07, 6.45) is 1.04. The minimum absolute atomic E-state index is 0.192. The van der Waals surface area contributed by atoms with Gasteiger partial charge in [0.05, 0.1) is 0 Å². The Labute approximate surface area is 93.7 Å². The first kappa shape index (κ1) is 12.3. The van der Waals surface area contributed by atoms with Crippen LogP contribution in [0.2, 0.25) is 0 Å². The van der Waals surface area contributed by atoms with Gasteiger partial charge >= 0.3 is 0 Å². The summed E-state index contributed by atoms with van der Waals surface area (Å²) < 4.78 is 0. The Balaban J connectivity index is 3.19. The van der Waals surface area contributed by atoms with Crippen molar-refractivity contribution in [3.8, 4) is 0 Å². The molecule has 0 saturated carbocycles. The molecule has 0 amide bonds. The fourth-order valence-corrected chi connectivity index (χ4v) is 2.19. The fourth-order valence-electron chi connectivity index (χ4n) is 2.19. The molecule has 2 N–H and O–H groups in total. The topological polar surface area (TPSA) is 26.0 Å². The summed E-state index contributed by atoms with van der Waals surface area (Å²) in [5.74, 6) is 0. The van der Waals surface area contributed by atoms with E-state index in [-0.39, 0.29) is 5.41 Å². The first-order valence-corrected chi connectivity index (χ1v) is 5.67. The molecule has 0 aromatic heterocycles. The van der Waals surface area contributed by atoms with Crippen molar-refractivity contribution in [1.82, 2.24) is 0 Å². The molecule has 1 aromatic rings. The lowest BCUT2D eigenvalue weighted by Gasteiger charge is -2.27. The Bertz CT molecular complexity index is 351. The van der Waals surface area contributed by atoms with E-state index in [1.165, 1.54) is 22.3 Å². The van der Waals surface area contributed by atoms with Crippen molar-refractivity contribution in [2.24, 2.45) is 5.73 Å². The summed E-state index contributed by atoms with van der Waals surface area (Å²) in [7, 11) is 0. The van der Waals surface area contributed by atoms with Gasteiger partial charge in [0.25, 0.3) is 0 Å². The molecule has 0 unspecified atom stereocenters. The van der Waals surface area contributed by atoms with Crippen LogP contribution in [0, 0.1) is 20.8 Å². The van der Waals surface area contributed by atoms with Crippen molar-refractivity contribution in [3.05, 3.63) is 34.4 Å². The summed E-state index contributed by atoms with van der Waals surface area (Å²) in [5, 5.41) is 0. The van der Waals surface area contributed by atoms with Gasteiger partial charge in [-0.05, 0) is 61.4 Å². The van der Waals surface area contributed by atoms with Gasteiger partial charge in [-0.25, -0.2) is 0 Å². The van der Waals surface area contributed by atoms with Crippen LogP contribution < -0.4 is 5.73 Å². The van der Waals surface area contributed by atoms with Gasteiger partial charge in [-0.2, -0.15) is 0 Å². The molecule has 0 aliphatic rings. The summed E-state index contributed by atoms with van der Waals surface area (Å²) in [5.41, 5.74) is 11.4. The second-order valence-corrected chi connectivity index (χ2v) is 5.17. The van der Waals surface area contributed by atoms with Crippen molar-refractivity contribution < 1.29 is 0 Å². The Hall–Kier alpha value is -0.820. The molecular weight excluding hydrogens is 182 g/mol. The molecule has 0 atom stereocenters. The van der Waals surface area contributed by atoms with E-state index < -0.39 is 0 Å². The lowest BCUT2D eigenvalue weighted by Crippen LogP contribution is -2.23. The van der Waals surface area contributed by atoms with Gasteiger partial charge in [0, 0.05) is 0 Å². The number of rotatable bonds is 3. The zero-order valence-electron chi connectivity index (χ0n) is 10.6. The molecule has 0 heterocycles. The molecule has 1 rings (SSSR count). The molecule has 0 aliphatic heterocycles. The van der Waals surface area contributed by atoms with Crippen molar-refractivity contribution in [3.63, 3.8) is 0 Å². The average molecular weight is 205 g/mol. The van der Waals surface area contributed by atoms with Crippen LogP contribution in [0.1, 0.15) is 42.5 Å². The summed E-state index contributed by atoms with van der Waals surface area (Å²) in [4.78, 5) is 0. The van der Waals surface area contributed by atoms with Crippen LogP contribution in [-0.2, 0) is 5.41 Å². The minimum atomic E-state index is 0.192. The monoisotopic (exact) mass is 205 g/mol. The van der Waals surface area contributed by atoms with Gasteiger partial charge < -0.3 is 5.73 Å². The van der Waals surface area contributed by atoms with Gasteiger partial charge in [-0.15, -0.1) is 0 Å². The van der Waals surface area contributed by atoms with Crippen molar-refractivity contribution >= 4 is 0 Å². The maximum absolute atomic E-state index is 5.67. The van der Waals surface area contributed by atoms with Crippen LogP contribution in [0.5, 0.6) is 0 Å². The molecule has 15 heavy (non-hydrogen) atoms. The van der Waals surface area contributed by atoms with Crippen LogP contribution in [0.25, 0.3) is 0 Å². The summed E-state index contributed by atoms with van der Waals surface area (Å²) >= 11 is 0. The van der Waals surface area contributed by atoms with E-state index in [1.807, 2.05) is 0 Å². The number of hydrogen-bond acceptors (Lipinski definition) is 1. The molecule has 0 spiro atoms. The van der Waals surface area contributed by atoms with Crippen molar-refractivity contribution in [1.29, 1.82) is 0 Å². The summed E-state index contributed by atoms with van der Waals surface area (Å²) in [6, 6.07) is 4.60. The van der Waals surface area contributed by atoms with E-state index in [1.54, 1.807) is 0 Å². The van der Waals surface area contributed by atoms with E-state index in [0.717, 1.165) is 13.0 Å². The Morgan fingerprint density at radius 2 is 1.53 bits per heavy atom. The highest BCUT2D eigenvalue weighted by Crippen LogP contribution is 2.30. The van der Waals surface area contributed by atoms with Crippen molar-refractivity contribution in [2.45, 2.75) is 46.5 Å². The van der Waals surface area contributed by atoms with E-state index in [9.17, 15) is 0 Å². The maximum atomic E-state index is 5.67. The number of aryl methyl sites for hydroxylation is 3. The van der Waals surface area contributed by atoms with Crippen LogP contribution in [0.4, 0.5) is 0 Å². The Kier molecular flexibility index (Phi) is 3.56. The lowest BCUT2D eigenvalue weighted by atomic mass is 9.78. The van der Waals surface area contributed by atoms with E-state index >= 15 is 0 Å². The zero-order chi connectivity index (χ0) is 11.6. The van der Waals surface area contributed by atoms with Gasteiger partial charge in [0.15, 0.2) is 0 Å². The van der Waals surface area contributed by atoms with E-state index in [4.69, 9.17) is 5.73 Å². The average Bonchev–Trinajstić information content (AvgIpc) is 2.11. The Morgan fingerprint density at radius 1 is 1.00 bits per heavy atom. The third-order valence-corrected chi connectivity index (χ3v) is 3.34. The number of hydrogen-bond donors (Lipinski definition) is 1. The predicted molar refractivity (Wildman–Crippen MR) is 67.4 cm³/mol. The number of nitrogens with two attached hydrogens (primary N) is 1. The third-order valence-electron chi connectivity index (χ3n) is 3.34. The highest BCUT2D eigenvalue weighted by atomic mass is 14.5. The molecule has 1 aromatic carbocycles. The number of benzene rings is 1. The molecule has 84 valence electrons. The lowest BCUT2D eigenvalue weighted by molar-refractivity contribution is 0.484. The van der Waals surface area contributed by atoms with Crippen LogP contribution in [0.15, 0.2) is 12.1 Å². The molecule has 0 saturated heterocycles. The van der Waals surface area contributed by atoms with Gasteiger partial charge in [0.2, 0.25) is 0 Å². The fraction of sp³-hybridized carbons (Fsp3) is 0.571. The largest absolute Gasteiger partial charge is 0.330 e. The quantitative estimate of drug-likeness (QED) is 0.805. The highest BCUT2D eigenvalue weighted by molar-refractivity contribution is 5.40. The third kappa shape index (κ3) is 2.60. The van der Waals surface area contributed by atoms with E-state index in [2.05, 4.69) is 46.8 Å². The standard InChI is InChI=1S/C14H23N/c1-10-8-12(3)13(9-11(10)2)14(4,5)6-7-15/h8-9H,6-7,15H2,1-5H3. The normalized spacial score (nSPS) is 11.9. The predicted octanol–water partition coefficient (Wildman–Crippen LogP) is 3.24. The first-order valence-electron chi connectivity index (χ1n) is 5.67.